The van der Waals surface area contributed by atoms with Gasteiger partial charge in [0, 0.05) is 19.3 Å². The van der Waals surface area contributed by atoms with E-state index in [0.717, 1.165) is 32.1 Å². The van der Waals surface area contributed by atoms with Crippen LogP contribution in [-0.4, -0.2) is 26.0 Å². The van der Waals surface area contributed by atoms with Gasteiger partial charge in [-0.15, -0.1) is 0 Å². The first-order chi connectivity index (χ1) is 14.8. The van der Waals surface area contributed by atoms with E-state index in [1.165, 1.54) is 26.2 Å². The average molecular weight is 458 g/mol. The van der Waals surface area contributed by atoms with Crippen molar-refractivity contribution in [3.8, 4) is 6.07 Å². The lowest BCUT2D eigenvalue weighted by Crippen LogP contribution is -2.54. The number of nitriles is 1. The molecular weight excluding hydrogens is 414 g/mol. The molecule has 4 rings (SSSR count). The molecule has 0 radical (unpaired) electrons. The van der Waals surface area contributed by atoms with Crippen LogP contribution in [0.5, 0.6) is 0 Å². The minimum absolute atomic E-state index is 0.0585. The standard InChI is InChI=1S/C27H43NO3Si/c1-18(29)30-20-12-14-25(2)19(16-20)8-9-21-22-10-11-24(26(22,3)15-13-23(21)25)27(4,17-28)31-32(5,6)7/h8,20-24H,9-16H2,1-7H3/t20-,21-,22-,23-,24-,25-,26-,27-/m0/s1. The predicted molar refractivity (Wildman–Crippen MR) is 129 cm³/mol. The number of ether oxygens (including phenoxy) is 1. The Morgan fingerprint density at radius 1 is 1.16 bits per heavy atom. The maximum atomic E-state index is 11.5. The minimum Gasteiger partial charge on any atom is -0.462 e. The molecule has 0 N–H and O–H groups in total. The van der Waals surface area contributed by atoms with Crippen LogP contribution in [0.25, 0.3) is 0 Å². The van der Waals surface area contributed by atoms with E-state index < -0.39 is 13.9 Å². The summed E-state index contributed by atoms with van der Waals surface area (Å²) < 4.78 is 12.2. The van der Waals surface area contributed by atoms with E-state index in [1.54, 1.807) is 5.57 Å². The minimum atomic E-state index is -1.83. The second kappa shape index (κ2) is 7.98. The van der Waals surface area contributed by atoms with Gasteiger partial charge in [-0.1, -0.05) is 25.5 Å². The second-order valence-electron chi connectivity index (χ2n) is 12.8. The number of carbonyl (C=O) groups excluding carboxylic acids is 1. The van der Waals surface area contributed by atoms with Crippen molar-refractivity contribution in [3.63, 3.8) is 0 Å². The molecule has 0 aromatic carbocycles. The van der Waals surface area contributed by atoms with E-state index in [9.17, 15) is 10.1 Å². The highest BCUT2D eigenvalue weighted by atomic mass is 28.4. The van der Waals surface area contributed by atoms with E-state index in [2.05, 4.69) is 52.6 Å². The summed E-state index contributed by atoms with van der Waals surface area (Å²) in [4.78, 5) is 11.5. The molecule has 3 saturated carbocycles. The van der Waals surface area contributed by atoms with Gasteiger partial charge in [0.25, 0.3) is 0 Å². The predicted octanol–water partition coefficient (Wildman–Crippen LogP) is 6.63. The number of esters is 1. The largest absolute Gasteiger partial charge is 0.462 e. The Balaban J connectivity index is 1.58. The van der Waals surface area contributed by atoms with Crippen molar-refractivity contribution in [1.82, 2.24) is 0 Å². The van der Waals surface area contributed by atoms with E-state index in [1.807, 2.05) is 0 Å². The molecule has 4 aliphatic rings. The first kappa shape index (κ1) is 24.0. The number of fused-ring (bicyclic) bond motifs is 5. The molecule has 0 unspecified atom stereocenters. The molecule has 5 heteroatoms. The number of carbonyl (C=O) groups is 1. The molecule has 4 nitrogen and oxygen atoms in total. The van der Waals surface area contributed by atoms with Gasteiger partial charge in [0.05, 0.1) is 6.07 Å². The zero-order valence-corrected chi connectivity index (χ0v) is 22.3. The van der Waals surface area contributed by atoms with E-state index in [0.29, 0.717) is 23.7 Å². The fraction of sp³-hybridized carbons (Fsp3) is 0.852. The lowest BCUT2D eigenvalue weighted by atomic mass is 9.47. The summed E-state index contributed by atoms with van der Waals surface area (Å²) in [6, 6.07) is 2.64. The lowest BCUT2D eigenvalue weighted by molar-refractivity contribution is -0.148. The highest BCUT2D eigenvalue weighted by molar-refractivity contribution is 6.69. The summed E-state index contributed by atoms with van der Waals surface area (Å²) in [7, 11) is -1.83. The summed E-state index contributed by atoms with van der Waals surface area (Å²) in [5, 5.41) is 10.2. The molecule has 0 aromatic heterocycles. The van der Waals surface area contributed by atoms with E-state index in [4.69, 9.17) is 9.16 Å². The Morgan fingerprint density at radius 2 is 1.88 bits per heavy atom. The first-order valence-electron chi connectivity index (χ1n) is 12.8. The van der Waals surface area contributed by atoms with Gasteiger partial charge in [-0.2, -0.15) is 5.26 Å². The number of rotatable bonds is 4. The summed E-state index contributed by atoms with van der Waals surface area (Å²) in [5.41, 5.74) is 1.29. The Kier molecular flexibility index (Phi) is 5.99. The first-order valence-corrected chi connectivity index (χ1v) is 16.2. The molecule has 0 saturated heterocycles. The SMILES string of the molecule is CC(=O)O[C@H]1CC[C@@]2(C)C(=CC[C@H]3[C@@H]4CC[C@H]([C@](C)(C#N)O[Si](C)(C)C)[C@@]4(C)CC[C@@H]32)C1. The molecule has 0 aromatic rings. The fourth-order valence-corrected chi connectivity index (χ4v) is 10.1. The van der Waals surface area contributed by atoms with Crippen LogP contribution >= 0.6 is 0 Å². The van der Waals surface area contributed by atoms with Crippen molar-refractivity contribution in [2.75, 3.05) is 0 Å². The molecule has 178 valence electrons. The molecule has 0 bridgehead atoms. The molecule has 0 heterocycles. The Labute approximate surface area is 196 Å². The molecule has 8 atom stereocenters. The topological polar surface area (TPSA) is 59.3 Å². The van der Waals surface area contributed by atoms with Crippen molar-refractivity contribution in [2.24, 2.45) is 34.5 Å². The molecule has 0 aliphatic heterocycles. The Bertz CT molecular complexity index is 841. The van der Waals surface area contributed by atoms with E-state index >= 15 is 0 Å². The number of allylic oxidation sites excluding steroid dienone is 1. The van der Waals surface area contributed by atoms with E-state index in [-0.39, 0.29) is 22.9 Å². The van der Waals surface area contributed by atoms with Gasteiger partial charge in [-0.3, -0.25) is 4.79 Å². The normalized spacial score (nSPS) is 43.1. The average Bonchev–Trinajstić information content (AvgIpc) is 3.04. The molecule has 4 aliphatic carbocycles. The number of hydrogen-bond acceptors (Lipinski definition) is 4. The molecular formula is C27H43NO3Si. The van der Waals surface area contributed by atoms with Crippen LogP contribution in [0.3, 0.4) is 0 Å². The van der Waals surface area contributed by atoms with Crippen molar-refractivity contribution < 1.29 is 14.0 Å². The maximum Gasteiger partial charge on any atom is 0.302 e. The molecule has 3 fully saturated rings. The van der Waals surface area contributed by atoms with Gasteiger partial charge in [0.15, 0.2) is 8.32 Å². The van der Waals surface area contributed by atoms with Gasteiger partial charge in [0.2, 0.25) is 0 Å². The highest BCUT2D eigenvalue weighted by Gasteiger charge is 2.62. The van der Waals surface area contributed by atoms with Crippen LogP contribution in [0.4, 0.5) is 0 Å². The summed E-state index contributed by atoms with van der Waals surface area (Å²) in [5.74, 6) is 2.25. The third-order valence-corrected chi connectivity index (χ3v) is 10.8. The number of nitrogens with zero attached hydrogens (tertiary/aromatic N) is 1. The van der Waals surface area contributed by atoms with Crippen LogP contribution in [0.2, 0.25) is 19.6 Å². The Morgan fingerprint density at radius 3 is 2.50 bits per heavy atom. The van der Waals surface area contributed by atoms with Crippen molar-refractivity contribution in [2.45, 2.75) is 110 Å². The van der Waals surface area contributed by atoms with Crippen LogP contribution in [0.1, 0.15) is 79.1 Å². The lowest BCUT2D eigenvalue weighted by Gasteiger charge is -2.59. The third kappa shape index (κ3) is 3.90. The Hall–Kier alpha value is -1.12. The van der Waals surface area contributed by atoms with Gasteiger partial charge in [-0.25, -0.2) is 0 Å². The summed E-state index contributed by atoms with van der Waals surface area (Å²) in [6.45, 7) is 15.2. The van der Waals surface area contributed by atoms with Crippen molar-refractivity contribution in [3.05, 3.63) is 11.6 Å². The smallest absolute Gasteiger partial charge is 0.302 e. The quantitative estimate of drug-likeness (QED) is 0.270. The van der Waals surface area contributed by atoms with Crippen molar-refractivity contribution >= 4 is 14.3 Å². The van der Waals surface area contributed by atoms with Crippen LogP contribution in [0.15, 0.2) is 11.6 Å². The molecule has 0 amide bonds. The summed E-state index contributed by atoms with van der Waals surface area (Å²) >= 11 is 0. The van der Waals surface area contributed by atoms with Gasteiger partial charge in [-0.05, 0) is 100 Å². The zero-order chi connectivity index (χ0) is 23.5. The highest BCUT2D eigenvalue weighted by Crippen LogP contribution is 2.67. The van der Waals surface area contributed by atoms with Crippen LogP contribution in [-0.2, 0) is 14.0 Å². The number of hydrogen-bond donors (Lipinski definition) is 0. The molecule has 32 heavy (non-hydrogen) atoms. The summed E-state index contributed by atoms with van der Waals surface area (Å²) in [6.07, 6.45) is 11.5. The van der Waals surface area contributed by atoms with Crippen LogP contribution in [0, 0.1) is 45.8 Å². The third-order valence-electron chi connectivity index (χ3n) is 9.80. The van der Waals surface area contributed by atoms with Gasteiger partial charge < -0.3 is 9.16 Å². The zero-order valence-electron chi connectivity index (χ0n) is 21.3. The maximum absolute atomic E-state index is 11.5. The van der Waals surface area contributed by atoms with Gasteiger partial charge >= 0.3 is 5.97 Å². The second-order valence-corrected chi connectivity index (χ2v) is 17.3. The van der Waals surface area contributed by atoms with Gasteiger partial charge in [0.1, 0.15) is 11.7 Å². The van der Waals surface area contributed by atoms with Crippen LogP contribution < -0.4 is 0 Å². The van der Waals surface area contributed by atoms with Crippen molar-refractivity contribution in [1.29, 1.82) is 5.26 Å². The fourth-order valence-electron chi connectivity index (χ4n) is 8.68. The monoisotopic (exact) mass is 457 g/mol. The molecule has 0 spiro atoms.